The fourth-order valence-corrected chi connectivity index (χ4v) is 3.21. The van der Waals surface area contributed by atoms with Crippen LogP contribution in [0.1, 0.15) is 6.42 Å². The second-order valence-electron chi connectivity index (χ2n) is 4.69. The van der Waals surface area contributed by atoms with Crippen LogP contribution in [0.3, 0.4) is 0 Å². The van der Waals surface area contributed by atoms with Crippen molar-refractivity contribution in [2.75, 3.05) is 31.5 Å². The monoisotopic (exact) mass is 252 g/mol. The number of urea groups is 1. The van der Waals surface area contributed by atoms with Crippen LogP contribution >= 0.6 is 11.3 Å². The Balaban J connectivity index is 1.60. The van der Waals surface area contributed by atoms with Crippen LogP contribution in [0.5, 0.6) is 0 Å². The molecule has 2 fully saturated rings. The first-order valence-electron chi connectivity index (χ1n) is 5.99. The standard InChI is InChI=1S/C11H16N4OS/c16-11(14-10-13-3-4-17-10)15-6-8-1-2-12-5-9(8)7-15/h3-4,8-9,12H,1-2,5-7H2,(H,13,14,16)/t8-,9+/m0/s1. The molecule has 2 N–H and O–H groups in total. The molecule has 92 valence electrons. The minimum absolute atomic E-state index is 0.00523. The number of rotatable bonds is 1. The third-order valence-corrected chi connectivity index (χ3v) is 4.30. The lowest BCUT2D eigenvalue weighted by Crippen LogP contribution is -2.35. The number of thiazole rings is 1. The van der Waals surface area contributed by atoms with Crippen LogP contribution in [0.2, 0.25) is 0 Å². The predicted molar refractivity (Wildman–Crippen MR) is 67.2 cm³/mol. The number of carbonyl (C=O) groups is 1. The third-order valence-electron chi connectivity index (χ3n) is 3.61. The molecule has 0 radical (unpaired) electrons. The quantitative estimate of drug-likeness (QED) is 0.790. The summed E-state index contributed by atoms with van der Waals surface area (Å²) >= 11 is 1.45. The Morgan fingerprint density at radius 2 is 2.41 bits per heavy atom. The predicted octanol–water partition coefficient (Wildman–Crippen LogP) is 1.22. The van der Waals surface area contributed by atoms with Gasteiger partial charge in [0.1, 0.15) is 0 Å². The van der Waals surface area contributed by atoms with Gasteiger partial charge < -0.3 is 10.2 Å². The molecule has 17 heavy (non-hydrogen) atoms. The number of hydrogen-bond acceptors (Lipinski definition) is 4. The summed E-state index contributed by atoms with van der Waals surface area (Å²) in [6.07, 6.45) is 2.89. The zero-order chi connectivity index (χ0) is 11.7. The molecule has 2 amide bonds. The third kappa shape index (κ3) is 2.28. The van der Waals surface area contributed by atoms with E-state index in [4.69, 9.17) is 0 Å². The minimum atomic E-state index is -0.00523. The molecule has 2 aliphatic rings. The summed E-state index contributed by atoms with van der Waals surface area (Å²) in [5.41, 5.74) is 0. The molecule has 2 saturated heterocycles. The van der Waals surface area contributed by atoms with Crippen LogP contribution in [0, 0.1) is 11.8 Å². The highest BCUT2D eigenvalue weighted by molar-refractivity contribution is 7.13. The van der Waals surface area contributed by atoms with Crippen LogP contribution in [0.25, 0.3) is 0 Å². The summed E-state index contributed by atoms with van der Waals surface area (Å²) in [6, 6.07) is -0.00523. The molecule has 0 aliphatic carbocycles. The highest BCUT2D eigenvalue weighted by Gasteiger charge is 2.36. The number of piperidine rings is 1. The van der Waals surface area contributed by atoms with Gasteiger partial charge in [0, 0.05) is 24.7 Å². The van der Waals surface area contributed by atoms with Gasteiger partial charge in [-0.15, -0.1) is 11.3 Å². The van der Waals surface area contributed by atoms with Crippen molar-refractivity contribution in [2.24, 2.45) is 11.8 Å². The van der Waals surface area contributed by atoms with E-state index in [0.29, 0.717) is 17.0 Å². The Bertz CT molecular complexity index is 380. The lowest BCUT2D eigenvalue weighted by molar-refractivity contribution is 0.220. The molecular formula is C11H16N4OS. The highest BCUT2D eigenvalue weighted by Crippen LogP contribution is 2.28. The van der Waals surface area contributed by atoms with Crippen molar-refractivity contribution >= 4 is 22.5 Å². The molecule has 1 aromatic heterocycles. The molecule has 0 aromatic carbocycles. The number of hydrogen-bond donors (Lipinski definition) is 2. The van der Waals surface area contributed by atoms with E-state index < -0.39 is 0 Å². The maximum Gasteiger partial charge on any atom is 0.323 e. The number of fused-ring (bicyclic) bond motifs is 1. The topological polar surface area (TPSA) is 57.3 Å². The SMILES string of the molecule is O=C(Nc1nccs1)N1C[C@H]2CNCC[C@H]2C1. The molecule has 3 heterocycles. The van der Waals surface area contributed by atoms with Gasteiger partial charge in [0.25, 0.3) is 0 Å². The van der Waals surface area contributed by atoms with Crippen molar-refractivity contribution < 1.29 is 4.79 Å². The van der Waals surface area contributed by atoms with Gasteiger partial charge in [-0.25, -0.2) is 9.78 Å². The number of nitrogens with one attached hydrogen (secondary N) is 2. The van der Waals surface area contributed by atoms with Crippen molar-refractivity contribution in [2.45, 2.75) is 6.42 Å². The van der Waals surface area contributed by atoms with Crippen LogP contribution in [0.15, 0.2) is 11.6 Å². The number of carbonyl (C=O) groups excluding carboxylic acids is 1. The van der Waals surface area contributed by atoms with Gasteiger partial charge in [0.05, 0.1) is 0 Å². The lowest BCUT2D eigenvalue weighted by Gasteiger charge is -2.23. The molecule has 0 saturated carbocycles. The summed E-state index contributed by atoms with van der Waals surface area (Å²) in [4.78, 5) is 18.0. The molecule has 1 aromatic rings. The normalized spacial score (nSPS) is 27.9. The molecule has 3 rings (SSSR count). The Kier molecular flexibility index (Phi) is 2.98. The van der Waals surface area contributed by atoms with E-state index in [9.17, 15) is 4.79 Å². The lowest BCUT2D eigenvalue weighted by atomic mass is 9.90. The van der Waals surface area contributed by atoms with Crippen molar-refractivity contribution in [3.05, 3.63) is 11.6 Å². The number of anilines is 1. The number of aromatic nitrogens is 1. The van der Waals surface area contributed by atoms with Crippen molar-refractivity contribution in [3.63, 3.8) is 0 Å². The smallest absolute Gasteiger partial charge is 0.323 e. The Morgan fingerprint density at radius 1 is 1.53 bits per heavy atom. The van der Waals surface area contributed by atoms with E-state index in [1.54, 1.807) is 6.20 Å². The van der Waals surface area contributed by atoms with Crippen LogP contribution in [-0.2, 0) is 0 Å². The average molecular weight is 252 g/mol. The van der Waals surface area contributed by atoms with Gasteiger partial charge in [-0.05, 0) is 31.3 Å². The Labute approximate surface area is 104 Å². The maximum absolute atomic E-state index is 12.0. The molecule has 2 aliphatic heterocycles. The Morgan fingerprint density at radius 3 is 3.18 bits per heavy atom. The molecule has 0 spiro atoms. The van der Waals surface area contributed by atoms with Crippen LogP contribution in [0.4, 0.5) is 9.93 Å². The minimum Gasteiger partial charge on any atom is -0.324 e. The largest absolute Gasteiger partial charge is 0.324 e. The molecule has 0 bridgehead atoms. The van der Waals surface area contributed by atoms with E-state index >= 15 is 0 Å². The van der Waals surface area contributed by atoms with E-state index in [0.717, 1.165) is 26.2 Å². The molecule has 5 nitrogen and oxygen atoms in total. The van der Waals surface area contributed by atoms with Crippen molar-refractivity contribution in [3.8, 4) is 0 Å². The van der Waals surface area contributed by atoms with Crippen molar-refractivity contribution in [1.29, 1.82) is 0 Å². The van der Waals surface area contributed by atoms with Gasteiger partial charge in [0.15, 0.2) is 5.13 Å². The summed E-state index contributed by atoms with van der Waals surface area (Å²) in [5, 5.41) is 8.79. The van der Waals surface area contributed by atoms with E-state index in [-0.39, 0.29) is 6.03 Å². The van der Waals surface area contributed by atoms with E-state index in [1.165, 1.54) is 17.8 Å². The van der Waals surface area contributed by atoms with Gasteiger partial charge >= 0.3 is 6.03 Å². The number of nitrogens with zero attached hydrogens (tertiary/aromatic N) is 2. The zero-order valence-corrected chi connectivity index (χ0v) is 10.4. The first-order chi connectivity index (χ1) is 8.33. The van der Waals surface area contributed by atoms with Gasteiger partial charge in [0.2, 0.25) is 0 Å². The molecule has 6 heteroatoms. The highest BCUT2D eigenvalue weighted by atomic mass is 32.1. The van der Waals surface area contributed by atoms with E-state index in [1.807, 2.05) is 10.3 Å². The Hall–Kier alpha value is -1.14. The first-order valence-corrected chi connectivity index (χ1v) is 6.87. The molecule has 2 atom stereocenters. The molecule has 0 unspecified atom stereocenters. The summed E-state index contributed by atoms with van der Waals surface area (Å²) in [6.45, 7) is 3.90. The number of likely N-dealkylation sites (tertiary alicyclic amines) is 1. The van der Waals surface area contributed by atoms with Crippen LogP contribution < -0.4 is 10.6 Å². The fraction of sp³-hybridized carbons (Fsp3) is 0.636. The fourth-order valence-electron chi connectivity index (χ4n) is 2.69. The van der Waals surface area contributed by atoms with Gasteiger partial charge in [-0.1, -0.05) is 0 Å². The van der Waals surface area contributed by atoms with Gasteiger partial charge in [-0.3, -0.25) is 5.32 Å². The summed E-state index contributed by atoms with van der Waals surface area (Å²) in [5.74, 6) is 1.31. The zero-order valence-electron chi connectivity index (χ0n) is 9.56. The second kappa shape index (κ2) is 4.62. The van der Waals surface area contributed by atoms with Gasteiger partial charge in [-0.2, -0.15) is 0 Å². The average Bonchev–Trinajstić information content (AvgIpc) is 2.96. The summed E-state index contributed by atoms with van der Waals surface area (Å²) in [7, 11) is 0. The maximum atomic E-state index is 12.0. The van der Waals surface area contributed by atoms with Crippen LogP contribution in [-0.4, -0.2) is 42.1 Å². The first kappa shape index (κ1) is 11.0. The summed E-state index contributed by atoms with van der Waals surface area (Å²) < 4.78 is 0. The van der Waals surface area contributed by atoms with E-state index in [2.05, 4.69) is 15.6 Å². The number of amides is 2. The second-order valence-corrected chi connectivity index (χ2v) is 5.58. The molecular weight excluding hydrogens is 236 g/mol. The van der Waals surface area contributed by atoms with Crippen molar-refractivity contribution in [1.82, 2.24) is 15.2 Å².